The molecule has 0 saturated carbocycles. The Hall–Kier alpha value is -2.62. The first-order valence-electron chi connectivity index (χ1n) is 9.03. The van der Waals surface area contributed by atoms with Crippen molar-refractivity contribution >= 4 is 12.0 Å². The van der Waals surface area contributed by atoms with Crippen LogP contribution in [0.3, 0.4) is 0 Å². The summed E-state index contributed by atoms with van der Waals surface area (Å²) in [5.41, 5.74) is 2.14. The van der Waals surface area contributed by atoms with Crippen molar-refractivity contribution in [1.82, 2.24) is 0 Å². The van der Waals surface area contributed by atoms with Crippen LogP contribution in [0.2, 0.25) is 0 Å². The van der Waals surface area contributed by atoms with Crippen LogP contribution in [0.25, 0.3) is 6.08 Å². The predicted molar refractivity (Wildman–Crippen MR) is 104 cm³/mol. The van der Waals surface area contributed by atoms with E-state index in [1.54, 1.807) is 32.0 Å². The molecule has 2 aromatic rings. The Morgan fingerprint density at radius 2 is 1.78 bits per heavy atom. The minimum Gasteiger partial charge on any atom is -0.480 e. The van der Waals surface area contributed by atoms with Crippen molar-refractivity contribution < 1.29 is 18.7 Å². The van der Waals surface area contributed by atoms with E-state index >= 15 is 0 Å². The molecule has 1 aliphatic rings. The van der Waals surface area contributed by atoms with Crippen molar-refractivity contribution in [3.8, 4) is 5.75 Å². The molecule has 0 aromatic heterocycles. The number of carbonyl (C=O) groups excluding carboxylic acids is 1. The van der Waals surface area contributed by atoms with E-state index in [1.807, 2.05) is 12.1 Å². The minimum absolute atomic E-state index is 0.0811. The van der Waals surface area contributed by atoms with Gasteiger partial charge < -0.3 is 9.47 Å². The van der Waals surface area contributed by atoms with E-state index in [9.17, 15) is 9.18 Å². The Morgan fingerprint density at radius 1 is 1.11 bits per heavy atom. The Morgan fingerprint density at radius 3 is 2.41 bits per heavy atom. The fraction of sp³-hybridized carbons (Fsp3) is 0.348. The average Bonchev–Trinajstić information content (AvgIpc) is 2.59. The number of ether oxygens (including phenoxy) is 2. The molecule has 3 nitrogen and oxygen atoms in total. The molecule has 0 aliphatic carbocycles. The lowest BCUT2D eigenvalue weighted by molar-refractivity contribution is 0.0472. The van der Waals surface area contributed by atoms with E-state index in [0.717, 1.165) is 5.56 Å². The second kappa shape index (κ2) is 6.84. The molecule has 0 N–H and O–H groups in total. The van der Waals surface area contributed by atoms with E-state index in [1.165, 1.54) is 11.6 Å². The van der Waals surface area contributed by atoms with Gasteiger partial charge in [-0.25, -0.2) is 9.18 Å². The number of carbonyl (C=O) groups is 1. The van der Waals surface area contributed by atoms with Gasteiger partial charge in [-0.05, 0) is 54.7 Å². The summed E-state index contributed by atoms with van der Waals surface area (Å²) in [6.45, 7) is 9.97. The third-order valence-corrected chi connectivity index (χ3v) is 4.66. The van der Waals surface area contributed by atoms with Gasteiger partial charge in [0.15, 0.2) is 5.60 Å². The normalized spacial score (nSPS) is 15.4. The standard InChI is InChI=1S/C23H25FO3/c1-22(2,3)18-9-6-15(7-10-18)14-26-21(25)16-8-11-19-17(12-16)13-20(24)23(4,5)27-19/h6-13H,14H2,1-5H3/i24-1. The van der Waals surface area contributed by atoms with Crippen molar-refractivity contribution in [2.45, 2.75) is 52.2 Å². The van der Waals surface area contributed by atoms with Crippen LogP contribution in [0.1, 0.15) is 61.7 Å². The molecule has 4 heteroatoms. The van der Waals surface area contributed by atoms with Crippen LogP contribution in [-0.2, 0) is 16.8 Å². The molecule has 2 aromatic carbocycles. The fourth-order valence-electron chi connectivity index (χ4n) is 2.85. The predicted octanol–water partition coefficient (Wildman–Crippen LogP) is 5.82. The van der Waals surface area contributed by atoms with E-state index in [0.29, 0.717) is 16.9 Å². The molecule has 0 saturated heterocycles. The first-order chi connectivity index (χ1) is 12.6. The maximum absolute atomic E-state index is 14.1. The lowest BCUT2D eigenvalue weighted by Crippen LogP contribution is -2.31. The smallest absolute Gasteiger partial charge is 0.338 e. The molecule has 27 heavy (non-hydrogen) atoms. The van der Waals surface area contributed by atoms with Crippen LogP contribution in [0, 0.1) is 0 Å². The SMILES string of the molecule is CC1(C)Oc2ccc(C(=O)OCc3ccc(C(C)(C)C)cc3)cc2C=C1[18F]. The summed E-state index contributed by atoms with van der Waals surface area (Å²) in [6, 6.07) is 12.9. The summed E-state index contributed by atoms with van der Waals surface area (Å²) >= 11 is 0. The Balaban J connectivity index is 1.69. The van der Waals surface area contributed by atoms with E-state index in [2.05, 4.69) is 32.9 Å². The van der Waals surface area contributed by atoms with Gasteiger partial charge in [0.05, 0.1) is 5.56 Å². The van der Waals surface area contributed by atoms with Gasteiger partial charge in [-0.1, -0.05) is 45.0 Å². The van der Waals surface area contributed by atoms with Crippen molar-refractivity contribution in [2.24, 2.45) is 0 Å². The van der Waals surface area contributed by atoms with Gasteiger partial charge in [0.25, 0.3) is 0 Å². The molecule has 0 fully saturated rings. The molecular formula is C23H25FO3. The molecule has 0 bridgehead atoms. The molecule has 0 spiro atoms. The summed E-state index contributed by atoms with van der Waals surface area (Å²) in [6.07, 6.45) is 1.40. The van der Waals surface area contributed by atoms with Crippen LogP contribution in [-0.4, -0.2) is 11.6 Å². The third kappa shape index (κ3) is 4.21. The Kier molecular flexibility index (Phi) is 4.85. The summed E-state index contributed by atoms with van der Waals surface area (Å²) in [5, 5.41) is 0. The van der Waals surface area contributed by atoms with Gasteiger partial charge in [0, 0.05) is 5.56 Å². The molecule has 0 atom stereocenters. The van der Waals surface area contributed by atoms with Gasteiger partial charge in [0.1, 0.15) is 18.2 Å². The van der Waals surface area contributed by atoms with E-state index < -0.39 is 11.6 Å². The van der Waals surface area contributed by atoms with Crippen LogP contribution < -0.4 is 4.74 Å². The topological polar surface area (TPSA) is 35.5 Å². The Bertz CT molecular complexity index is 887. The lowest BCUT2D eigenvalue weighted by atomic mass is 9.87. The van der Waals surface area contributed by atoms with Crippen molar-refractivity contribution in [2.75, 3.05) is 0 Å². The lowest BCUT2D eigenvalue weighted by Gasteiger charge is -2.29. The second-order valence-corrected chi connectivity index (χ2v) is 8.38. The highest BCUT2D eigenvalue weighted by Crippen LogP contribution is 2.36. The number of rotatable bonds is 3. The summed E-state index contributed by atoms with van der Waals surface area (Å²) in [4.78, 5) is 12.4. The van der Waals surface area contributed by atoms with Crippen molar-refractivity contribution in [1.29, 1.82) is 0 Å². The first-order valence-corrected chi connectivity index (χ1v) is 9.03. The molecular weight excluding hydrogens is 342 g/mol. The molecule has 142 valence electrons. The zero-order valence-corrected chi connectivity index (χ0v) is 16.4. The molecule has 3 rings (SSSR count). The zero-order chi connectivity index (χ0) is 19.8. The molecule has 1 aliphatic heterocycles. The highest BCUT2D eigenvalue weighted by atomic mass is 18.2. The monoisotopic (exact) mass is 367 g/mol. The molecule has 0 unspecified atom stereocenters. The van der Waals surface area contributed by atoms with Gasteiger partial charge in [-0.2, -0.15) is 0 Å². The van der Waals surface area contributed by atoms with E-state index in [4.69, 9.17) is 9.47 Å². The zero-order valence-electron chi connectivity index (χ0n) is 16.4. The maximum atomic E-state index is 14.1. The number of halogens is 1. The quantitative estimate of drug-likeness (QED) is 0.641. The van der Waals surface area contributed by atoms with Crippen LogP contribution in [0.5, 0.6) is 5.75 Å². The van der Waals surface area contributed by atoms with Crippen molar-refractivity contribution in [3.63, 3.8) is 0 Å². The number of hydrogen-bond donors (Lipinski definition) is 0. The second-order valence-electron chi connectivity index (χ2n) is 8.38. The largest absolute Gasteiger partial charge is 0.480 e. The van der Waals surface area contributed by atoms with Gasteiger partial charge >= 0.3 is 5.97 Å². The van der Waals surface area contributed by atoms with Crippen LogP contribution in [0.4, 0.5) is 4.39 Å². The molecule has 0 amide bonds. The third-order valence-electron chi connectivity index (χ3n) is 4.66. The van der Waals surface area contributed by atoms with E-state index in [-0.39, 0.29) is 17.8 Å². The maximum Gasteiger partial charge on any atom is 0.338 e. The average molecular weight is 367 g/mol. The highest BCUT2D eigenvalue weighted by molar-refractivity contribution is 5.90. The number of fused-ring (bicyclic) bond motifs is 1. The summed E-state index contributed by atoms with van der Waals surface area (Å²) in [5.74, 6) is -0.272. The van der Waals surface area contributed by atoms with Gasteiger partial charge in [-0.15, -0.1) is 0 Å². The minimum atomic E-state index is -0.992. The summed E-state index contributed by atoms with van der Waals surface area (Å²) < 4.78 is 25.1. The van der Waals surface area contributed by atoms with Crippen LogP contribution in [0.15, 0.2) is 48.3 Å². The number of esters is 1. The molecule has 1 heterocycles. The fourth-order valence-corrected chi connectivity index (χ4v) is 2.85. The first kappa shape index (κ1) is 19.2. The van der Waals surface area contributed by atoms with Gasteiger partial charge in [-0.3, -0.25) is 0 Å². The highest BCUT2D eigenvalue weighted by Gasteiger charge is 2.31. The van der Waals surface area contributed by atoms with Crippen molar-refractivity contribution in [3.05, 3.63) is 70.5 Å². The van der Waals surface area contributed by atoms with Crippen LogP contribution >= 0.6 is 0 Å². The molecule has 0 radical (unpaired) electrons. The summed E-state index contributed by atoms with van der Waals surface area (Å²) in [7, 11) is 0. The number of benzene rings is 2. The van der Waals surface area contributed by atoms with Gasteiger partial charge in [0.2, 0.25) is 0 Å². The number of hydrogen-bond acceptors (Lipinski definition) is 3. The Labute approximate surface area is 159 Å².